The van der Waals surface area contributed by atoms with Crippen molar-refractivity contribution in [3.05, 3.63) is 64.1 Å². The Kier molecular flexibility index (Phi) is 6.89. The number of nitrogens with zero attached hydrogens (tertiary/aromatic N) is 1. The maximum Gasteiger partial charge on any atom is 0.336 e. The van der Waals surface area contributed by atoms with Gasteiger partial charge in [-0.1, -0.05) is 60.7 Å². The Balaban J connectivity index is 0.000000271. The maximum atomic E-state index is 11.5. The lowest BCUT2D eigenvalue weighted by Gasteiger charge is -2.15. The lowest BCUT2D eigenvalue weighted by Crippen LogP contribution is -2.22. The minimum atomic E-state index is -1.00. The quantitative estimate of drug-likeness (QED) is 0.522. The molecule has 1 fully saturated rings. The minimum absolute atomic E-state index is 0.196. The summed E-state index contributed by atoms with van der Waals surface area (Å²) in [6, 6.07) is 14.2. The van der Waals surface area contributed by atoms with E-state index in [0.717, 1.165) is 0 Å². The molecular weight excluding hydrogens is 395 g/mol. The predicted molar refractivity (Wildman–Crippen MR) is 115 cm³/mol. The van der Waals surface area contributed by atoms with E-state index in [9.17, 15) is 9.90 Å². The molecule has 1 heterocycles. The molecule has 1 aliphatic carbocycles. The first-order valence-corrected chi connectivity index (χ1v) is 10.1. The van der Waals surface area contributed by atoms with Crippen molar-refractivity contribution in [2.45, 2.75) is 38.1 Å². The van der Waals surface area contributed by atoms with Gasteiger partial charge in [-0.15, -0.1) is 0 Å². The maximum absolute atomic E-state index is 11.5. The van der Waals surface area contributed by atoms with Crippen molar-refractivity contribution in [2.24, 2.45) is 5.73 Å². The molecule has 3 N–H and O–H groups in total. The molecule has 28 heavy (non-hydrogen) atoms. The van der Waals surface area contributed by atoms with E-state index in [-0.39, 0.29) is 5.56 Å². The van der Waals surface area contributed by atoms with Gasteiger partial charge in [0.2, 0.25) is 0 Å². The second kappa shape index (κ2) is 9.37. The van der Waals surface area contributed by atoms with Gasteiger partial charge in [-0.25, -0.2) is 9.78 Å². The fraction of sp³-hybridized carbons (Fsp3) is 0.273. The van der Waals surface area contributed by atoms with Crippen molar-refractivity contribution in [2.75, 3.05) is 0 Å². The number of nitrogens with two attached hydrogens (primary N) is 1. The number of pyridine rings is 1. The van der Waals surface area contributed by atoms with Crippen molar-refractivity contribution < 1.29 is 9.90 Å². The van der Waals surface area contributed by atoms with Crippen LogP contribution in [0.25, 0.3) is 22.2 Å². The van der Waals surface area contributed by atoms with Crippen LogP contribution < -0.4 is 5.73 Å². The number of benzene rings is 2. The lowest BCUT2D eigenvalue weighted by atomic mass is 9.97. The van der Waals surface area contributed by atoms with Crippen LogP contribution in [-0.2, 0) is 0 Å². The fourth-order valence-electron chi connectivity index (χ4n) is 3.32. The summed E-state index contributed by atoms with van der Waals surface area (Å²) in [4.78, 5) is 15.9. The van der Waals surface area contributed by atoms with Gasteiger partial charge in [0.25, 0.3) is 0 Å². The zero-order valence-electron chi connectivity index (χ0n) is 15.4. The SMILES string of the molecule is NC1CCCCC1.O=C(O)c1cc(-c2ccc(Cl)cc2Cl)nc2ccccc12. The Bertz CT molecular complexity index is 985. The first kappa shape index (κ1) is 20.6. The third-order valence-corrected chi connectivity index (χ3v) is 5.35. The summed E-state index contributed by atoms with van der Waals surface area (Å²) in [7, 11) is 0. The van der Waals surface area contributed by atoms with Crippen molar-refractivity contribution in [3.8, 4) is 11.3 Å². The topological polar surface area (TPSA) is 76.2 Å². The Morgan fingerprint density at radius 2 is 1.75 bits per heavy atom. The molecule has 146 valence electrons. The van der Waals surface area contributed by atoms with Gasteiger partial charge in [0.05, 0.1) is 21.8 Å². The van der Waals surface area contributed by atoms with Crippen LogP contribution in [0.2, 0.25) is 10.0 Å². The number of aromatic carboxylic acids is 1. The summed E-state index contributed by atoms with van der Waals surface area (Å²) >= 11 is 12.1. The van der Waals surface area contributed by atoms with Crippen molar-refractivity contribution >= 4 is 40.1 Å². The van der Waals surface area contributed by atoms with Crippen LogP contribution >= 0.6 is 23.2 Å². The van der Waals surface area contributed by atoms with Crippen LogP contribution in [0.1, 0.15) is 42.5 Å². The summed E-state index contributed by atoms with van der Waals surface area (Å²) in [5, 5.41) is 10.9. The van der Waals surface area contributed by atoms with Gasteiger partial charge in [-0.3, -0.25) is 0 Å². The molecule has 0 aliphatic heterocycles. The fourth-order valence-corrected chi connectivity index (χ4v) is 3.83. The number of halogens is 2. The molecule has 1 aromatic heterocycles. The third-order valence-electron chi connectivity index (χ3n) is 4.80. The molecule has 1 aliphatic rings. The summed E-state index contributed by atoms with van der Waals surface area (Å²) < 4.78 is 0. The average molecular weight is 417 g/mol. The van der Waals surface area contributed by atoms with E-state index in [1.165, 1.54) is 38.2 Å². The lowest BCUT2D eigenvalue weighted by molar-refractivity contribution is 0.0699. The molecule has 4 nitrogen and oxygen atoms in total. The van der Waals surface area contributed by atoms with E-state index in [1.807, 2.05) is 6.07 Å². The summed E-state index contributed by atoms with van der Waals surface area (Å²) in [5.41, 5.74) is 7.60. The van der Waals surface area contributed by atoms with Crippen molar-refractivity contribution in [3.63, 3.8) is 0 Å². The number of para-hydroxylation sites is 1. The zero-order chi connectivity index (χ0) is 20.1. The Morgan fingerprint density at radius 3 is 2.36 bits per heavy atom. The van der Waals surface area contributed by atoms with Crippen LogP contribution in [0.5, 0.6) is 0 Å². The highest BCUT2D eigenvalue weighted by Gasteiger charge is 2.14. The van der Waals surface area contributed by atoms with Gasteiger partial charge in [-0.2, -0.15) is 0 Å². The number of carboxylic acids is 1. The predicted octanol–water partition coefficient (Wildman–Crippen LogP) is 6.18. The van der Waals surface area contributed by atoms with Crippen LogP contribution in [0, 0.1) is 0 Å². The second-order valence-electron chi connectivity index (χ2n) is 6.90. The van der Waals surface area contributed by atoms with Crippen LogP contribution in [-0.4, -0.2) is 22.1 Å². The number of fused-ring (bicyclic) bond motifs is 1. The second-order valence-corrected chi connectivity index (χ2v) is 7.74. The van der Waals surface area contributed by atoms with E-state index in [2.05, 4.69) is 4.98 Å². The normalized spacial score (nSPS) is 14.4. The van der Waals surface area contributed by atoms with Crippen LogP contribution in [0.15, 0.2) is 48.5 Å². The smallest absolute Gasteiger partial charge is 0.336 e. The van der Waals surface area contributed by atoms with Gasteiger partial charge in [0, 0.05) is 22.0 Å². The molecule has 0 bridgehead atoms. The van der Waals surface area contributed by atoms with E-state index >= 15 is 0 Å². The number of aromatic nitrogens is 1. The minimum Gasteiger partial charge on any atom is -0.478 e. The van der Waals surface area contributed by atoms with Crippen molar-refractivity contribution in [1.29, 1.82) is 0 Å². The highest BCUT2D eigenvalue weighted by atomic mass is 35.5. The highest BCUT2D eigenvalue weighted by Crippen LogP contribution is 2.31. The largest absolute Gasteiger partial charge is 0.478 e. The van der Waals surface area contributed by atoms with Gasteiger partial charge < -0.3 is 10.8 Å². The van der Waals surface area contributed by atoms with Crippen LogP contribution in [0.3, 0.4) is 0 Å². The first-order chi connectivity index (χ1) is 13.5. The van der Waals surface area contributed by atoms with Gasteiger partial charge >= 0.3 is 5.97 Å². The van der Waals surface area contributed by atoms with Gasteiger partial charge in [0.15, 0.2) is 0 Å². The number of rotatable bonds is 2. The molecule has 0 amide bonds. The molecule has 0 radical (unpaired) electrons. The Labute approximate surface area is 174 Å². The molecule has 6 heteroatoms. The van der Waals surface area contributed by atoms with Gasteiger partial charge in [0.1, 0.15) is 0 Å². The van der Waals surface area contributed by atoms with Crippen LogP contribution in [0.4, 0.5) is 0 Å². The molecule has 3 aromatic rings. The molecule has 2 aromatic carbocycles. The number of carboxylic acid groups (broad SMARTS) is 1. The molecule has 0 spiro atoms. The molecule has 0 saturated heterocycles. The molecule has 0 unspecified atom stereocenters. The number of carbonyl (C=O) groups is 1. The van der Waals surface area contributed by atoms with E-state index < -0.39 is 5.97 Å². The molecule has 1 saturated carbocycles. The molecule has 4 rings (SSSR count). The monoisotopic (exact) mass is 416 g/mol. The van der Waals surface area contributed by atoms with Gasteiger partial charge in [-0.05, 0) is 43.2 Å². The Hall–Kier alpha value is -2.14. The van der Waals surface area contributed by atoms with E-state index in [1.54, 1.807) is 36.4 Å². The standard InChI is InChI=1S/C16H9Cl2NO2.C6H13N/c17-9-5-6-11(13(18)7-9)15-8-12(16(20)21)10-3-1-2-4-14(10)19-15;7-6-4-2-1-3-5-6/h1-8H,(H,20,21);6H,1-5,7H2. The third kappa shape index (κ3) is 5.02. The molecular formula is C22H22Cl2N2O2. The van der Waals surface area contributed by atoms with E-state index in [4.69, 9.17) is 28.9 Å². The van der Waals surface area contributed by atoms with Crippen molar-refractivity contribution in [1.82, 2.24) is 4.98 Å². The highest BCUT2D eigenvalue weighted by molar-refractivity contribution is 6.36. The molecule has 0 atom stereocenters. The summed E-state index contributed by atoms with van der Waals surface area (Å²) in [6.45, 7) is 0. The summed E-state index contributed by atoms with van der Waals surface area (Å²) in [6.07, 6.45) is 6.66. The number of hydrogen-bond acceptors (Lipinski definition) is 3. The number of hydrogen-bond donors (Lipinski definition) is 2. The average Bonchev–Trinajstić information content (AvgIpc) is 2.68. The summed E-state index contributed by atoms with van der Waals surface area (Å²) in [5.74, 6) is -1.00. The zero-order valence-corrected chi connectivity index (χ0v) is 16.9. The first-order valence-electron chi connectivity index (χ1n) is 9.30. The van der Waals surface area contributed by atoms with E-state index in [0.29, 0.717) is 38.2 Å². The Morgan fingerprint density at radius 1 is 1.04 bits per heavy atom.